The molecule has 0 bridgehead atoms. The molecule has 1 aliphatic carbocycles. The largest absolute Gasteiger partial charge is 0.456 e. The van der Waals surface area contributed by atoms with E-state index in [4.69, 9.17) is 8.83 Å². The Kier molecular flexibility index (Phi) is 6.01. The van der Waals surface area contributed by atoms with E-state index in [0.717, 1.165) is 72.1 Å². The molecule has 3 heteroatoms. The van der Waals surface area contributed by atoms with Crippen molar-refractivity contribution in [2.45, 2.75) is 19.3 Å². The maximum atomic E-state index is 6.65. The molecule has 0 atom stereocenters. The molecule has 52 heavy (non-hydrogen) atoms. The van der Waals surface area contributed by atoms with Gasteiger partial charge in [-0.05, 0) is 93.2 Å². The van der Waals surface area contributed by atoms with Gasteiger partial charge in [-0.3, -0.25) is 0 Å². The van der Waals surface area contributed by atoms with Crippen molar-refractivity contribution in [2.24, 2.45) is 0 Å². The molecule has 1 aliphatic rings. The van der Waals surface area contributed by atoms with E-state index < -0.39 is 0 Å². The van der Waals surface area contributed by atoms with Crippen LogP contribution in [0.5, 0.6) is 0 Å². The molecule has 2 aromatic heterocycles. The van der Waals surface area contributed by atoms with Crippen molar-refractivity contribution in [3.05, 3.63) is 175 Å². The predicted octanol–water partition coefficient (Wildman–Crippen LogP) is 14.1. The Morgan fingerprint density at radius 3 is 1.90 bits per heavy atom. The summed E-state index contributed by atoms with van der Waals surface area (Å²) in [6.07, 6.45) is 0. The smallest absolute Gasteiger partial charge is 0.137 e. The molecule has 3 nitrogen and oxygen atoms in total. The number of furan rings is 2. The number of nitrogens with zero attached hydrogens (tertiary/aromatic N) is 1. The van der Waals surface area contributed by atoms with Crippen molar-refractivity contribution in [2.75, 3.05) is 4.90 Å². The highest BCUT2D eigenvalue weighted by molar-refractivity contribution is 6.13. The summed E-state index contributed by atoms with van der Waals surface area (Å²) < 4.78 is 13.1. The molecule has 2 heterocycles. The van der Waals surface area contributed by atoms with Crippen LogP contribution in [-0.4, -0.2) is 0 Å². The molecule has 0 amide bonds. The average Bonchev–Trinajstić information content (AvgIpc) is 3.80. The van der Waals surface area contributed by atoms with Crippen molar-refractivity contribution >= 4 is 71.7 Å². The molecule has 8 aromatic carbocycles. The van der Waals surface area contributed by atoms with Crippen LogP contribution in [-0.2, 0) is 5.41 Å². The fourth-order valence-corrected chi connectivity index (χ4v) is 8.64. The molecule has 0 saturated heterocycles. The summed E-state index contributed by atoms with van der Waals surface area (Å²) in [5.41, 5.74) is 14.0. The second kappa shape index (κ2) is 10.7. The number of fused-ring (bicyclic) bond motifs is 10. The normalized spacial score (nSPS) is 13.3. The zero-order valence-electron chi connectivity index (χ0n) is 28.9. The van der Waals surface area contributed by atoms with E-state index in [1.54, 1.807) is 0 Å². The summed E-state index contributed by atoms with van der Waals surface area (Å²) in [4.78, 5) is 2.41. The fraction of sp³-hybridized carbons (Fsp3) is 0.0612. The van der Waals surface area contributed by atoms with Gasteiger partial charge in [-0.25, -0.2) is 0 Å². The van der Waals surface area contributed by atoms with E-state index >= 15 is 0 Å². The van der Waals surface area contributed by atoms with Crippen molar-refractivity contribution in [1.29, 1.82) is 0 Å². The Hall–Kier alpha value is -6.58. The third-order valence-corrected chi connectivity index (χ3v) is 11.2. The average molecular weight is 668 g/mol. The molecule has 0 aliphatic heterocycles. The van der Waals surface area contributed by atoms with Gasteiger partial charge in [0.25, 0.3) is 0 Å². The topological polar surface area (TPSA) is 29.5 Å². The standard InChI is InChI=1S/C49H33NO2/c1-49(2)42-18-10-8-16-35(42)36-22-20-33(26-43(36)49)50(34-21-23-38-37-17-9-11-19-45(37)51-47(38)27-34)44-28-41-40-24-31-14-6-7-15-32(31)25-46(40)52-48(41)29-39(44)30-12-4-3-5-13-30/h3-29H,1-2H3. The summed E-state index contributed by atoms with van der Waals surface area (Å²) in [5.74, 6) is 0. The molecule has 0 N–H and O–H groups in total. The van der Waals surface area contributed by atoms with Crippen LogP contribution in [0.3, 0.4) is 0 Å². The molecule has 10 aromatic rings. The molecule has 0 fully saturated rings. The highest BCUT2D eigenvalue weighted by Gasteiger charge is 2.36. The minimum absolute atomic E-state index is 0.148. The minimum Gasteiger partial charge on any atom is -0.456 e. The van der Waals surface area contributed by atoms with Crippen LogP contribution in [0.15, 0.2) is 173 Å². The van der Waals surface area contributed by atoms with Gasteiger partial charge in [0.05, 0.1) is 5.69 Å². The summed E-state index contributed by atoms with van der Waals surface area (Å²) in [7, 11) is 0. The Labute approximate surface area is 301 Å². The molecular formula is C49H33NO2. The molecule has 0 spiro atoms. The van der Waals surface area contributed by atoms with Gasteiger partial charge in [0.15, 0.2) is 0 Å². The Balaban J connectivity index is 1.22. The number of anilines is 3. The van der Waals surface area contributed by atoms with Gasteiger partial charge in [0.2, 0.25) is 0 Å². The first-order chi connectivity index (χ1) is 25.5. The number of para-hydroxylation sites is 1. The third-order valence-electron chi connectivity index (χ3n) is 11.2. The van der Waals surface area contributed by atoms with E-state index in [2.05, 4.69) is 170 Å². The second-order valence-electron chi connectivity index (χ2n) is 14.5. The van der Waals surface area contributed by atoms with E-state index in [1.165, 1.54) is 33.0 Å². The maximum absolute atomic E-state index is 6.65. The number of hydrogen-bond donors (Lipinski definition) is 0. The lowest BCUT2D eigenvalue weighted by molar-refractivity contribution is 0.660. The van der Waals surface area contributed by atoms with E-state index in [-0.39, 0.29) is 5.41 Å². The SMILES string of the molecule is CC1(C)c2ccccc2-c2ccc(N(c3ccc4c(c3)oc3ccccc34)c3cc4c(cc3-c3ccccc3)oc3cc5ccccc5cc34)cc21. The molecule has 0 unspecified atom stereocenters. The summed E-state index contributed by atoms with van der Waals surface area (Å²) in [5, 5.41) is 6.78. The predicted molar refractivity (Wildman–Crippen MR) is 216 cm³/mol. The van der Waals surface area contributed by atoms with Crippen molar-refractivity contribution in [1.82, 2.24) is 0 Å². The zero-order valence-corrected chi connectivity index (χ0v) is 28.9. The highest BCUT2D eigenvalue weighted by atomic mass is 16.3. The van der Waals surface area contributed by atoms with Gasteiger partial charge in [-0.15, -0.1) is 0 Å². The lowest BCUT2D eigenvalue weighted by atomic mass is 9.82. The van der Waals surface area contributed by atoms with Crippen LogP contribution in [0.25, 0.3) is 76.9 Å². The van der Waals surface area contributed by atoms with Gasteiger partial charge < -0.3 is 13.7 Å². The van der Waals surface area contributed by atoms with Gasteiger partial charge in [0, 0.05) is 50.0 Å². The summed E-state index contributed by atoms with van der Waals surface area (Å²) in [6.45, 7) is 4.69. The van der Waals surface area contributed by atoms with Gasteiger partial charge in [0.1, 0.15) is 22.3 Å². The van der Waals surface area contributed by atoms with Crippen LogP contribution >= 0.6 is 0 Å². The lowest BCUT2D eigenvalue weighted by Crippen LogP contribution is -2.17. The van der Waals surface area contributed by atoms with Gasteiger partial charge in [-0.1, -0.05) is 117 Å². The molecule has 11 rings (SSSR count). The summed E-state index contributed by atoms with van der Waals surface area (Å²) >= 11 is 0. The van der Waals surface area contributed by atoms with E-state index in [0.29, 0.717) is 0 Å². The fourth-order valence-electron chi connectivity index (χ4n) is 8.64. The van der Waals surface area contributed by atoms with Crippen molar-refractivity contribution in [3.63, 3.8) is 0 Å². The molecule has 0 radical (unpaired) electrons. The zero-order chi connectivity index (χ0) is 34.6. The monoisotopic (exact) mass is 667 g/mol. The first kappa shape index (κ1) is 29.2. The summed E-state index contributed by atoms with van der Waals surface area (Å²) in [6, 6.07) is 58.9. The molecule has 246 valence electrons. The quantitative estimate of drug-likeness (QED) is 0.187. The van der Waals surface area contributed by atoms with Crippen LogP contribution < -0.4 is 4.90 Å². The van der Waals surface area contributed by atoms with Gasteiger partial charge >= 0.3 is 0 Å². The van der Waals surface area contributed by atoms with E-state index in [9.17, 15) is 0 Å². The van der Waals surface area contributed by atoms with Crippen LogP contribution in [0, 0.1) is 0 Å². The van der Waals surface area contributed by atoms with Crippen molar-refractivity contribution in [3.8, 4) is 22.3 Å². The Morgan fingerprint density at radius 1 is 0.404 bits per heavy atom. The van der Waals surface area contributed by atoms with E-state index in [1.807, 2.05) is 12.1 Å². The highest BCUT2D eigenvalue weighted by Crippen LogP contribution is 2.52. The first-order valence-corrected chi connectivity index (χ1v) is 17.9. The maximum Gasteiger partial charge on any atom is 0.137 e. The Morgan fingerprint density at radius 2 is 1.02 bits per heavy atom. The van der Waals surface area contributed by atoms with Crippen LogP contribution in [0.2, 0.25) is 0 Å². The second-order valence-corrected chi connectivity index (χ2v) is 14.5. The lowest BCUT2D eigenvalue weighted by Gasteiger charge is -2.30. The number of rotatable bonds is 4. The molecular weight excluding hydrogens is 635 g/mol. The molecule has 0 saturated carbocycles. The van der Waals surface area contributed by atoms with Crippen LogP contribution in [0.4, 0.5) is 17.1 Å². The van der Waals surface area contributed by atoms with Crippen molar-refractivity contribution < 1.29 is 8.83 Å². The number of benzene rings is 8. The Bertz CT molecular complexity index is 3050. The van der Waals surface area contributed by atoms with Gasteiger partial charge in [-0.2, -0.15) is 0 Å². The number of hydrogen-bond acceptors (Lipinski definition) is 3. The van der Waals surface area contributed by atoms with Crippen LogP contribution in [0.1, 0.15) is 25.0 Å². The first-order valence-electron chi connectivity index (χ1n) is 17.9. The minimum atomic E-state index is -0.148. The third kappa shape index (κ3) is 4.20.